The topological polar surface area (TPSA) is 17.1 Å². The van der Waals surface area contributed by atoms with Crippen LogP contribution in [-0.4, -0.2) is 5.78 Å². The Morgan fingerprint density at radius 2 is 2.08 bits per heavy atom. The van der Waals surface area contributed by atoms with Crippen molar-refractivity contribution in [1.82, 2.24) is 0 Å². The van der Waals surface area contributed by atoms with E-state index in [0.717, 1.165) is 5.57 Å². The molecule has 2 unspecified atom stereocenters. The Labute approximate surface area is 73.8 Å². The Balaban J connectivity index is 2.33. The zero-order chi connectivity index (χ0) is 8.72. The average Bonchev–Trinajstić information content (AvgIpc) is 2.33. The molecule has 0 aromatic carbocycles. The van der Waals surface area contributed by atoms with Gasteiger partial charge >= 0.3 is 0 Å². The first-order valence-electron chi connectivity index (χ1n) is 4.95. The first-order chi connectivity index (χ1) is 5.72. The highest BCUT2D eigenvalue weighted by molar-refractivity contribution is 6.00. The molecule has 0 heterocycles. The van der Waals surface area contributed by atoms with E-state index in [0.29, 0.717) is 17.6 Å². The molecule has 0 N–H and O–H groups in total. The molecular weight excluding hydrogens is 148 g/mol. The third-order valence-corrected chi connectivity index (χ3v) is 3.53. The number of carbonyl (C=O) groups excluding carboxylic acids is 1. The lowest BCUT2D eigenvalue weighted by atomic mass is 9.81. The highest BCUT2D eigenvalue weighted by Gasteiger charge is 2.37. The monoisotopic (exact) mass is 164 g/mol. The highest BCUT2D eigenvalue weighted by Crippen LogP contribution is 2.42. The molecule has 1 saturated carbocycles. The number of rotatable bonds is 0. The second-order valence-electron chi connectivity index (χ2n) is 4.16. The summed E-state index contributed by atoms with van der Waals surface area (Å²) in [6.07, 6.45) is 5.05. The lowest BCUT2D eigenvalue weighted by molar-refractivity contribution is -0.118. The Hall–Kier alpha value is -0.590. The number of carbonyl (C=O) groups is 1. The van der Waals surface area contributed by atoms with E-state index in [2.05, 4.69) is 6.92 Å². The normalized spacial score (nSPS) is 35.7. The van der Waals surface area contributed by atoms with Crippen LogP contribution in [0.1, 0.15) is 39.5 Å². The molecule has 0 aliphatic heterocycles. The van der Waals surface area contributed by atoms with Gasteiger partial charge in [0, 0.05) is 5.92 Å². The number of ketones is 1. The summed E-state index contributed by atoms with van der Waals surface area (Å²) < 4.78 is 0. The molecule has 1 nitrogen and oxygen atoms in total. The molecule has 12 heavy (non-hydrogen) atoms. The minimum atomic E-state index is 0.292. The fourth-order valence-electron chi connectivity index (χ4n) is 2.74. The molecule has 0 spiro atoms. The van der Waals surface area contributed by atoms with Crippen molar-refractivity contribution in [3.63, 3.8) is 0 Å². The summed E-state index contributed by atoms with van der Waals surface area (Å²) in [5, 5.41) is 0. The van der Waals surface area contributed by atoms with Gasteiger partial charge in [-0.15, -0.1) is 0 Å². The van der Waals surface area contributed by atoms with Gasteiger partial charge in [0.1, 0.15) is 0 Å². The van der Waals surface area contributed by atoms with Crippen LogP contribution >= 0.6 is 0 Å². The minimum absolute atomic E-state index is 0.292. The predicted molar refractivity (Wildman–Crippen MR) is 48.8 cm³/mol. The second-order valence-corrected chi connectivity index (χ2v) is 4.16. The summed E-state index contributed by atoms with van der Waals surface area (Å²) >= 11 is 0. The van der Waals surface area contributed by atoms with E-state index in [1.165, 1.54) is 31.3 Å². The van der Waals surface area contributed by atoms with Crippen LogP contribution in [0.4, 0.5) is 0 Å². The summed E-state index contributed by atoms with van der Waals surface area (Å²) in [6.45, 7) is 4.11. The molecule has 0 aromatic rings. The van der Waals surface area contributed by atoms with E-state index >= 15 is 0 Å². The second kappa shape index (κ2) is 2.72. The standard InChI is InChI=1S/C11H16O/c1-7-9-5-3-4-6-10(9)8(2)11(7)12/h7,9H,3-6H2,1-2H3. The molecule has 0 radical (unpaired) electrons. The van der Waals surface area contributed by atoms with Crippen molar-refractivity contribution in [3.8, 4) is 0 Å². The van der Waals surface area contributed by atoms with Crippen molar-refractivity contribution in [3.05, 3.63) is 11.1 Å². The summed E-state index contributed by atoms with van der Waals surface area (Å²) in [5.74, 6) is 1.32. The van der Waals surface area contributed by atoms with Crippen LogP contribution in [0.3, 0.4) is 0 Å². The van der Waals surface area contributed by atoms with Gasteiger partial charge in [-0.25, -0.2) is 0 Å². The zero-order valence-corrected chi connectivity index (χ0v) is 7.89. The highest BCUT2D eigenvalue weighted by atomic mass is 16.1. The fraction of sp³-hybridized carbons (Fsp3) is 0.727. The van der Waals surface area contributed by atoms with Crippen molar-refractivity contribution >= 4 is 5.78 Å². The van der Waals surface area contributed by atoms with Crippen LogP contribution in [0, 0.1) is 11.8 Å². The van der Waals surface area contributed by atoms with Crippen molar-refractivity contribution in [2.45, 2.75) is 39.5 Å². The van der Waals surface area contributed by atoms with E-state index in [-0.39, 0.29) is 0 Å². The molecular formula is C11H16O. The Kier molecular flexibility index (Phi) is 1.82. The first kappa shape index (κ1) is 8.03. The molecule has 66 valence electrons. The van der Waals surface area contributed by atoms with Crippen molar-refractivity contribution in [1.29, 1.82) is 0 Å². The molecule has 1 heteroatoms. The van der Waals surface area contributed by atoms with E-state index in [1.54, 1.807) is 0 Å². The minimum Gasteiger partial charge on any atom is -0.294 e. The van der Waals surface area contributed by atoms with Gasteiger partial charge in [-0.2, -0.15) is 0 Å². The summed E-state index contributed by atoms with van der Waals surface area (Å²) in [5.41, 5.74) is 2.57. The van der Waals surface area contributed by atoms with Crippen LogP contribution in [0.25, 0.3) is 0 Å². The third-order valence-electron chi connectivity index (χ3n) is 3.53. The van der Waals surface area contributed by atoms with Crippen LogP contribution < -0.4 is 0 Å². The van der Waals surface area contributed by atoms with Crippen LogP contribution in [0.15, 0.2) is 11.1 Å². The van der Waals surface area contributed by atoms with Gasteiger partial charge in [-0.1, -0.05) is 18.9 Å². The van der Waals surface area contributed by atoms with E-state index < -0.39 is 0 Å². The molecule has 1 fully saturated rings. The zero-order valence-electron chi connectivity index (χ0n) is 7.89. The van der Waals surface area contributed by atoms with Crippen molar-refractivity contribution in [2.24, 2.45) is 11.8 Å². The van der Waals surface area contributed by atoms with Crippen LogP contribution in [0.5, 0.6) is 0 Å². The maximum atomic E-state index is 11.6. The summed E-state index contributed by atoms with van der Waals surface area (Å²) in [7, 11) is 0. The largest absolute Gasteiger partial charge is 0.294 e. The fourth-order valence-corrected chi connectivity index (χ4v) is 2.74. The molecule has 2 aliphatic rings. The maximum Gasteiger partial charge on any atom is 0.161 e. The van der Waals surface area contributed by atoms with Gasteiger partial charge in [-0.05, 0) is 37.7 Å². The SMILES string of the molecule is CC1=C2CCCCC2C(C)C1=O. The quantitative estimate of drug-likeness (QED) is 0.538. The van der Waals surface area contributed by atoms with Gasteiger partial charge in [0.05, 0.1) is 0 Å². The van der Waals surface area contributed by atoms with Gasteiger partial charge < -0.3 is 0 Å². The maximum absolute atomic E-state index is 11.6. The van der Waals surface area contributed by atoms with E-state index in [1.807, 2.05) is 6.92 Å². The number of hydrogen-bond donors (Lipinski definition) is 0. The molecule has 0 amide bonds. The Morgan fingerprint density at radius 3 is 2.75 bits per heavy atom. The lowest BCUT2D eigenvalue weighted by Crippen LogP contribution is -2.16. The number of Topliss-reactive ketones (excluding diaryl/α,β-unsaturated/α-hetero) is 1. The Bertz CT molecular complexity index is 250. The van der Waals surface area contributed by atoms with Crippen LogP contribution in [0.2, 0.25) is 0 Å². The predicted octanol–water partition coefficient (Wildman–Crippen LogP) is 2.71. The number of fused-ring (bicyclic) bond motifs is 1. The molecule has 0 bridgehead atoms. The van der Waals surface area contributed by atoms with Crippen molar-refractivity contribution in [2.75, 3.05) is 0 Å². The number of hydrogen-bond acceptors (Lipinski definition) is 1. The van der Waals surface area contributed by atoms with Gasteiger partial charge in [0.2, 0.25) is 0 Å². The number of allylic oxidation sites excluding steroid dienone is 2. The molecule has 2 rings (SSSR count). The Morgan fingerprint density at radius 1 is 1.33 bits per heavy atom. The molecule has 2 atom stereocenters. The molecule has 0 saturated heterocycles. The summed E-state index contributed by atoms with van der Waals surface area (Å²) in [6, 6.07) is 0. The van der Waals surface area contributed by atoms with Gasteiger partial charge in [-0.3, -0.25) is 4.79 Å². The third kappa shape index (κ3) is 0.954. The van der Waals surface area contributed by atoms with Crippen molar-refractivity contribution < 1.29 is 4.79 Å². The first-order valence-corrected chi connectivity index (χ1v) is 4.95. The molecule has 0 aromatic heterocycles. The van der Waals surface area contributed by atoms with Crippen LogP contribution in [-0.2, 0) is 4.79 Å². The van der Waals surface area contributed by atoms with E-state index in [4.69, 9.17) is 0 Å². The lowest BCUT2D eigenvalue weighted by Gasteiger charge is -2.23. The van der Waals surface area contributed by atoms with Gasteiger partial charge in [0.15, 0.2) is 5.78 Å². The van der Waals surface area contributed by atoms with Gasteiger partial charge in [0.25, 0.3) is 0 Å². The molecule has 2 aliphatic carbocycles. The smallest absolute Gasteiger partial charge is 0.161 e. The van der Waals surface area contributed by atoms with E-state index in [9.17, 15) is 4.79 Å². The summed E-state index contributed by atoms with van der Waals surface area (Å²) in [4.78, 5) is 11.6. The average molecular weight is 164 g/mol.